The zero-order valence-corrected chi connectivity index (χ0v) is 18.0. The Morgan fingerprint density at radius 1 is 1.17 bits per heavy atom. The summed E-state index contributed by atoms with van der Waals surface area (Å²) in [4.78, 5) is 16.2. The second-order valence-electron chi connectivity index (χ2n) is 6.94. The number of ether oxygens (including phenoxy) is 1. The Morgan fingerprint density at radius 3 is 2.55 bits per heavy atom. The highest BCUT2D eigenvalue weighted by molar-refractivity contribution is 7.89. The van der Waals surface area contributed by atoms with E-state index < -0.39 is 10.0 Å². The van der Waals surface area contributed by atoms with E-state index in [1.165, 1.54) is 20.2 Å². The lowest BCUT2D eigenvalue weighted by molar-refractivity contribution is 0.102. The van der Waals surface area contributed by atoms with Gasteiger partial charge in [0, 0.05) is 30.9 Å². The smallest absolute Gasteiger partial charge is 0.257 e. The first kappa shape index (κ1) is 20.9. The maximum absolute atomic E-state index is 12.9. The molecule has 1 heterocycles. The standard InChI is InChI=1S/C21H25N3O4S/c1-6-28-18-11-10-15(12-19(18)29(26,27)24(4)5)23-21(25)17-9-7-8-16-13(2)14(3)22-20(16)17/h7-12,22H,6H2,1-5H3,(H,23,25). The van der Waals surface area contributed by atoms with E-state index in [1.54, 1.807) is 25.1 Å². The Hall–Kier alpha value is -2.84. The number of H-pyrrole nitrogens is 1. The maximum atomic E-state index is 12.9. The second kappa shape index (κ2) is 7.88. The summed E-state index contributed by atoms with van der Waals surface area (Å²) in [5.74, 6) is -0.0777. The van der Waals surface area contributed by atoms with Gasteiger partial charge < -0.3 is 15.0 Å². The zero-order chi connectivity index (χ0) is 21.3. The summed E-state index contributed by atoms with van der Waals surface area (Å²) >= 11 is 0. The molecule has 0 radical (unpaired) electrons. The molecule has 7 nitrogen and oxygen atoms in total. The number of para-hydroxylation sites is 1. The van der Waals surface area contributed by atoms with Crippen molar-refractivity contribution >= 4 is 32.5 Å². The quantitative estimate of drug-likeness (QED) is 0.642. The molecule has 0 aliphatic rings. The van der Waals surface area contributed by atoms with Gasteiger partial charge in [-0.1, -0.05) is 12.1 Å². The van der Waals surface area contributed by atoms with E-state index in [-0.39, 0.29) is 16.6 Å². The molecule has 29 heavy (non-hydrogen) atoms. The number of fused-ring (bicyclic) bond motifs is 1. The highest BCUT2D eigenvalue weighted by Gasteiger charge is 2.23. The molecule has 0 aliphatic heterocycles. The number of rotatable bonds is 6. The van der Waals surface area contributed by atoms with E-state index >= 15 is 0 Å². The number of carbonyl (C=O) groups is 1. The Labute approximate surface area is 170 Å². The lowest BCUT2D eigenvalue weighted by atomic mass is 10.1. The van der Waals surface area contributed by atoms with Gasteiger partial charge in [0.05, 0.1) is 17.7 Å². The fourth-order valence-corrected chi connectivity index (χ4v) is 4.18. The van der Waals surface area contributed by atoms with Crippen LogP contribution in [0.5, 0.6) is 5.75 Å². The summed E-state index contributed by atoms with van der Waals surface area (Å²) in [5.41, 5.74) is 3.71. The minimum Gasteiger partial charge on any atom is -0.492 e. The van der Waals surface area contributed by atoms with Gasteiger partial charge in [0.15, 0.2) is 0 Å². The fraction of sp³-hybridized carbons (Fsp3) is 0.286. The van der Waals surface area contributed by atoms with E-state index in [9.17, 15) is 13.2 Å². The van der Waals surface area contributed by atoms with Crippen molar-refractivity contribution in [1.82, 2.24) is 9.29 Å². The van der Waals surface area contributed by atoms with Crippen molar-refractivity contribution < 1.29 is 17.9 Å². The summed E-state index contributed by atoms with van der Waals surface area (Å²) in [6, 6.07) is 10.1. The number of anilines is 1. The molecule has 154 valence electrons. The number of sulfonamides is 1. The minimum absolute atomic E-state index is 0.00641. The third kappa shape index (κ3) is 3.86. The maximum Gasteiger partial charge on any atom is 0.257 e. The van der Waals surface area contributed by atoms with Gasteiger partial charge in [0.25, 0.3) is 5.91 Å². The van der Waals surface area contributed by atoms with Crippen LogP contribution < -0.4 is 10.1 Å². The molecule has 3 aromatic rings. The number of nitrogens with zero attached hydrogens (tertiary/aromatic N) is 1. The van der Waals surface area contributed by atoms with Gasteiger partial charge in [-0.25, -0.2) is 12.7 Å². The largest absolute Gasteiger partial charge is 0.492 e. The SMILES string of the molecule is CCOc1ccc(NC(=O)c2cccc3c(C)c(C)[nH]c23)cc1S(=O)(=O)N(C)C. The number of amides is 1. The topological polar surface area (TPSA) is 91.5 Å². The predicted molar refractivity (Wildman–Crippen MR) is 114 cm³/mol. The van der Waals surface area contributed by atoms with Crippen molar-refractivity contribution in [1.29, 1.82) is 0 Å². The van der Waals surface area contributed by atoms with Crippen molar-refractivity contribution in [2.24, 2.45) is 0 Å². The fourth-order valence-electron chi connectivity index (χ4n) is 3.13. The zero-order valence-electron chi connectivity index (χ0n) is 17.2. The van der Waals surface area contributed by atoms with Crippen LogP contribution in [0.2, 0.25) is 0 Å². The highest BCUT2D eigenvalue weighted by Crippen LogP contribution is 2.30. The van der Waals surface area contributed by atoms with E-state index in [1.807, 2.05) is 26.0 Å². The molecular formula is C21H25N3O4S. The molecule has 0 saturated carbocycles. The number of hydrogen-bond acceptors (Lipinski definition) is 4. The van der Waals surface area contributed by atoms with Gasteiger partial charge in [-0.15, -0.1) is 0 Å². The molecule has 0 saturated heterocycles. The van der Waals surface area contributed by atoms with Gasteiger partial charge in [-0.3, -0.25) is 4.79 Å². The molecule has 1 aromatic heterocycles. The first-order valence-corrected chi connectivity index (χ1v) is 10.7. The second-order valence-corrected chi connectivity index (χ2v) is 9.06. The molecule has 0 aliphatic carbocycles. The van der Waals surface area contributed by atoms with E-state index in [2.05, 4.69) is 10.3 Å². The molecule has 2 N–H and O–H groups in total. The van der Waals surface area contributed by atoms with Crippen molar-refractivity contribution in [3.8, 4) is 5.75 Å². The Bertz CT molecular complexity index is 1180. The lowest BCUT2D eigenvalue weighted by Crippen LogP contribution is -2.23. The van der Waals surface area contributed by atoms with Gasteiger partial charge in [0.2, 0.25) is 10.0 Å². The molecule has 8 heteroatoms. The van der Waals surface area contributed by atoms with Crippen LogP contribution in [0.25, 0.3) is 10.9 Å². The van der Waals surface area contributed by atoms with Gasteiger partial charge in [-0.2, -0.15) is 0 Å². The molecule has 1 amide bonds. The summed E-state index contributed by atoms with van der Waals surface area (Å²) in [7, 11) is -0.836. The Kier molecular flexibility index (Phi) is 5.68. The number of aryl methyl sites for hydroxylation is 2. The van der Waals surface area contributed by atoms with E-state index in [0.717, 1.165) is 26.5 Å². The average molecular weight is 416 g/mol. The number of hydrogen-bond donors (Lipinski definition) is 2. The molecule has 0 bridgehead atoms. The summed E-state index contributed by atoms with van der Waals surface area (Å²) in [5, 5.41) is 3.79. The monoisotopic (exact) mass is 415 g/mol. The van der Waals surface area contributed by atoms with Gasteiger partial charge in [0.1, 0.15) is 10.6 Å². The predicted octanol–water partition coefficient (Wildman–Crippen LogP) is 3.69. The van der Waals surface area contributed by atoms with Gasteiger partial charge in [-0.05, 0) is 50.6 Å². The third-order valence-corrected chi connectivity index (χ3v) is 6.68. The molecule has 0 atom stereocenters. The molecule has 0 fully saturated rings. The van der Waals surface area contributed by atoms with Crippen LogP contribution in [-0.4, -0.2) is 44.3 Å². The number of nitrogens with one attached hydrogen (secondary N) is 2. The summed E-state index contributed by atoms with van der Waals surface area (Å²) in [6.45, 7) is 6.07. The molecule has 2 aromatic carbocycles. The number of benzene rings is 2. The molecule has 0 unspecified atom stereocenters. The van der Waals surface area contributed by atoms with E-state index in [4.69, 9.17) is 4.74 Å². The van der Waals surface area contributed by atoms with Crippen molar-refractivity contribution in [3.63, 3.8) is 0 Å². The van der Waals surface area contributed by atoms with Crippen LogP contribution in [0.1, 0.15) is 28.5 Å². The van der Waals surface area contributed by atoms with Crippen molar-refractivity contribution in [2.75, 3.05) is 26.0 Å². The minimum atomic E-state index is -3.74. The average Bonchev–Trinajstić information content (AvgIpc) is 2.97. The first-order valence-electron chi connectivity index (χ1n) is 9.25. The normalized spacial score (nSPS) is 11.8. The molecular weight excluding hydrogens is 390 g/mol. The number of aromatic amines is 1. The van der Waals surface area contributed by atoms with Crippen LogP contribution in [0.3, 0.4) is 0 Å². The summed E-state index contributed by atoms with van der Waals surface area (Å²) in [6.07, 6.45) is 0. The van der Waals surface area contributed by atoms with Crippen molar-refractivity contribution in [2.45, 2.75) is 25.7 Å². The Balaban J connectivity index is 2.01. The van der Waals surface area contributed by atoms with Crippen LogP contribution in [-0.2, 0) is 10.0 Å². The summed E-state index contributed by atoms with van der Waals surface area (Å²) < 4.78 is 31.9. The van der Waals surface area contributed by atoms with E-state index in [0.29, 0.717) is 17.9 Å². The molecule has 0 spiro atoms. The van der Waals surface area contributed by atoms with Gasteiger partial charge >= 0.3 is 0 Å². The van der Waals surface area contributed by atoms with Crippen molar-refractivity contribution in [3.05, 3.63) is 53.2 Å². The Morgan fingerprint density at radius 2 is 1.90 bits per heavy atom. The molecule has 3 rings (SSSR count). The number of carbonyl (C=O) groups excluding carboxylic acids is 1. The lowest BCUT2D eigenvalue weighted by Gasteiger charge is -2.16. The third-order valence-electron chi connectivity index (χ3n) is 4.85. The van der Waals surface area contributed by atoms with Crippen LogP contribution in [0, 0.1) is 13.8 Å². The number of aromatic nitrogens is 1. The van der Waals surface area contributed by atoms with Crippen LogP contribution in [0.4, 0.5) is 5.69 Å². The van der Waals surface area contributed by atoms with Crippen LogP contribution in [0.15, 0.2) is 41.3 Å². The van der Waals surface area contributed by atoms with Crippen LogP contribution >= 0.6 is 0 Å². The first-order chi connectivity index (χ1) is 13.7. The highest BCUT2D eigenvalue weighted by atomic mass is 32.2.